The second-order valence-corrected chi connectivity index (χ2v) is 8.03. The summed E-state index contributed by atoms with van der Waals surface area (Å²) >= 11 is 0. The lowest BCUT2D eigenvalue weighted by Crippen LogP contribution is -2.35. The van der Waals surface area contributed by atoms with Gasteiger partial charge in [0.2, 0.25) is 10.0 Å². The van der Waals surface area contributed by atoms with Gasteiger partial charge in [-0.1, -0.05) is 18.6 Å². The Morgan fingerprint density at radius 2 is 1.71 bits per heavy atom. The van der Waals surface area contributed by atoms with Gasteiger partial charge in [-0.15, -0.1) is 0 Å². The van der Waals surface area contributed by atoms with E-state index in [0.29, 0.717) is 18.0 Å². The molecule has 0 unspecified atom stereocenters. The predicted octanol–water partition coefficient (Wildman–Crippen LogP) is 2.16. The van der Waals surface area contributed by atoms with E-state index in [1.165, 1.54) is 18.4 Å². The van der Waals surface area contributed by atoms with Gasteiger partial charge in [-0.2, -0.15) is 4.31 Å². The van der Waals surface area contributed by atoms with Gasteiger partial charge in [-0.3, -0.25) is 0 Å². The Hall–Kier alpha value is -0.910. The Kier molecular flexibility index (Phi) is 4.62. The van der Waals surface area contributed by atoms with Crippen LogP contribution in [0.25, 0.3) is 0 Å². The van der Waals surface area contributed by atoms with E-state index in [0.717, 1.165) is 38.3 Å². The summed E-state index contributed by atoms with van der Waals surface area (Å²) in [6.45, 7) is 2.30. The number of nitrogens with zero attached hydrogens (tertiary/aromatic N) is 1. The third-order valence-corrected chi connectivity index (χ3v) is 6.21. The molecule has 1 aliphatic heterocycles. The maximum absolute atomic E-state index is 12.5. The average Bonchev–Trinajstić information content (AvgIpc) is 3.33. The van der Waals surface area contributed by atoms with Gasteiger partial charge in [-0.05, 0) is 56.3 Å². The van der Waals surface area contributed by atoms with Crippen molar-refractivity contribution in [3.05, 3.63) is 29.8 Å². The van der Waals surface area contributed by atoms with Gasteiger partial charge in [0.25, 0.3) is 0 Å². The van der Waals surface area contributed by atoms with Crippen LogP contribution in [0.5, 0.6) is 0 Å². The predicted molar refractivity (Wildman–Crippen MR) is 83.8 cm³/mol. The summed E-state index contributed by atoms with van der Waals surface area (Å²) < 4.78 is 26.7. The van der Waals surface area contributed by atoms with Crippen LogP contribution in [0.15, 0.2) is 29.2 Å². The van der Waals surface area contributed by atoms with Crippen LogP contribution in [-0.2, 0) is 16.4 Å². The molecule has 5 heteroatoms. The molecule has 1 aromatic carbocycles. The lowest BCUT2D eigenvalue weighted by molar-refractivity contribution is 0.346. The molecule has 0 atom stereocenters. The Bertz CT molecular complexity index is 558. The minimum absolute atomic E-state index is 0.434. The zero-order valence-electron chi connectivity index (χ0n) is 12.4. The number of benzene rings is 1. The molecule has 0 aromatic heterocycles. The second-order valence-electron chi connectivity index (χ2n) is 6.09. The largest absolute Gasteiger partial charge is 0.314 e. The van der Waals surface area contributed by atoms with Gasteiger partial charge in [0.15, 0.2) is 0 Å². The first-order chi connectivity index (χ1) is 10.2. The van der Waals surface area contributed by atoms with E-state index < -0.39 is 10.0 Å². The van der Waals surface area contributed by atoms with Crippen molar-refractivity contribution in [1.82, 2.24) is 9.62 Å². The summed E-state index contributed by atoms with van der Waals surface area (Å²) in [6, 6.07) is 8.15. The van der Waals surface area contributed by atoms with E-state index >= 15 is 0 Å². The molecule has 1 saturated carbocycles. The topological polar surface area (TPSA) is 49.4 Å². The number of nitrogens with one attached hydrogen (secondary N) is 1. The van der Waals surface area contributed by atoms with Crippen molar-refractivity contribution in [3.63, 3.8) is 0 Å². The fourth-order valence-corrected chi connectivity index (χ4v) is 4.31. The minimum atomic E-state index is -3.29. The van der Waals surface area contributed by atoms with Crippen molar-refractivity contribution < 1.29 is 8.42 Å². The van der Waals surface area contributed by atoms with Crippen LogP contribution in [0.3, 0.4) is 0 Å². The smallest absolute Gasteiger partial charge is 0.243 e. The highest BCUT2D eigenvalue weighted by atomic mass is 32.2. The third-order valence-electron chi connectivity index (χ3n) is 4.30. The fourth-order valence-electron chi connectivity index (χ4n) is 2.79. The van der Waals surface area contributed by atoms with E-state index in [1.54, 1.807) is 16.4 Å². The Balaban J connectivity index is 1.61. The molecule has 1 aromatic rings. The number of sulfonamides is 1. The summed E-state index contributed by atoms with van der Waals surface area (Å²) in [6.07, 6.45) is 6.65. The number of hydrogen-bond acceptors (Lipinski definition) is 3. The number of piperidine rings is 1. The lowest BCUT2D eigenvalue weighted by Gasteiger charge is -2.25. The molecule has 1 heterocycles. The van der Waals surface area contributed by atoms with Crippen LogP contribution < -0.4 is 5.32 Å². The van der Waals surface area contributed by atoms with E-state index in [1.807, 2.05) is 12.1 Å². The minimum Gasteiger partial charge on any atom is -0.314 e. The Labute approximate surface area is 127 Å². The van der Waals surface area contributed by atoms with Gasteiger partial charge >= 0.3 is 0 Å². The SMILES string of the molecule is O=S(=O)(c1ccc(CCNC2CC2)cc1)N1CCCCC1. The zero-order valence-corrected chi connectivity index (χ0v) is 13.2. The maximum Gasteiger partial charge on any atom is 0.243 e. The van der Waals surface area contributed by atoms with Crippen molar-refractivity contribution in [2.24, 2.45) is 0 Å². The molecule has 1 aliphatic carbocycles. The van der Waals surface area contributed by atoms with Gasteiger partial charge in [0.1, 0.15) is 0 Å². The molecule has 0 spiro atoms. The van der Waals surface area contributed by atoms with E-state index in [2.05, 4.69) is 5.32 Å². The highest BCUT2D eigenvalue weighted by molar-refractivity contribution is 7.89. The standard InChI is InChI=1S/C16H24N2O2S/c19-21(20,18-12-2-1-3-13-18)16-8-4-14(5-9-16)10-11-17-15-6-7-15/h4-5,8-9,15,17H,1-3,6-7,10-13H2. The molecule has 3 rings (SSSR count). The lowest BCUT2D eigenvalue weighted by atomic mass is 10.1. The van der Waals surface area contributed by atoms with E-state index in [-0.39, 0.29) is 0 Å². The molecule has 1 saturated heterocycles. The summed E-state index contributed by atoms with van der Waals surface area (Å²) in [5.74, 6) is 0. The molecule has 0 radical (unpaired) electrons. The zero-order chi connectivity index (χ0) is 14.7. The highest BCUT2D eigenvalue weighted by Crippen LogP contribution is 2.21. The van der Waals surface area contributed by atoms with E-state index in [9.17, 15) is 8.42 Å². The third kappa shape index (κ3) is 3.84. The maximum atomic E-state index is 12.5. The summed E-state index contributed by atoms with van der Waals surface area (Å²) in [5, 5.41) is 3.48. The van der Waals surface area contributed by atoms with Crippen molar-refractivity contribution in [3.8, 4) is 0 Å². The molecule has 0 amide bonds. The molecule has 116 valence electrons. The molecule has 1 N–H and O–H groups in total. The first-order valence-corrected chi connectivity index (χ1v) is 9.43. The van der Waals surface area contributed by atoms with Crippen LogP contribution in [0.4, 0.5) is 0 Å². The average molecular weight is 308 g/mol. The van der Waals surface area contributed by atoms with Crippen molar-refractivity contribution in [1.29, 1.82) is 0 Å². The van der Waals surface area contributed by atoms with Gasteiger partial charge in [0, 0.05) is 19.1 Å². The molecule has 21 heavy (non-hydrogen) atoms. The Morgan fingerprint density at radius 1 is 1.05 bits per heavy atom. The summed E-state index contributed by atoms with van der Waals surface area (Å²) in [5.41, 5.74) is 1.20. The molecule has 2 fully saturated rings. The molecular formula is C16H24N2O2S. The first kappa shape index (κ1) is 15.0. The fraction of sp³-hybridized carbons (Fsp3) is 0.625. The normalized spacial score (nSPS) is 20.6. The molecule has 4 nitrogen and oxygen atoms in total. The van der Waals surface area contributed by atoms with Gasteiger partial charge in [-0.25, -0.2) is 8.42 Å². The summed E-state index contributed by atoms with van der Waals surface area (Å²) in [4.78, 5) is 0.434. The number of rotatable bonds is 6. The molecule has 2 aliphatic rings. The Morgan fingerprint density at radius 3 is 2.33 bits per heavy atom. The quantitative estimate of drug-likeness (QED) is 0.876. The van der Waals surface area contributed by atoms with Crippen LogP contribution in [0.2, 0.25) is 0 Å². The second kappa shape index (κ2) is 6.46. The van der Waals surface area contributed by atoms with E-state index in [4.69, 9.17) is 0 Å². The monoisotopic (exact) mass is 308 g/mol. The molecule has 0 bridgehead atoms. The number of hydrogen-bond donors (Lipinski definition) is 1. The van der Waals surface area contributed by atoms with Gasteiger partial charge in [0.05, 0.1) is 4.90 Å². The van der Waals surface area contributed by atoms with Crippen molar-refractivity contribution in [2.75, 3.05) is 19.6 Å². The van der Waals surface area contributed by atoms with Crippen LogP contribution >= 0.6 is 0 Å². The van der Waals surface area contributed by atoms with Crippen LogP contribution in [-0.4, -0.2) is 38.4 Å². The van der Waals surface area contributed by atoms with Crippen LogP contribution in [0.1, 0.15) is 37.7 Å². The van der Waals surface area contributed by atoms with Gasteiger partial charge < -0.3 is 5.32 Å². The van der Waals surface area contributed by atoms with Crippen molar-refractivity contribution in [2.45, 2.75) is 49.5 Å². The first-order valence-electron chi connectivity index (χ1n) is 7.99. The highest BCUT2D eigenvalue weighted by Gasteiger charge is 2.25. The molecular weight excluding hydrogens is 284 g/mol. The summed E-state index contributed by atoms with van der Waals surface area (Å²) in [7, 11) is -3.29. The van der Waals surface area contributed by atoms with Crippen LogP contribution in [0, 0.1) is 0 Å². The van der Waals surface area contributed by atoms with Crippen molar-refractivity contribution >= 4 is 10.0 Å².